The van der Waals surface area contributed by atoms with E-state index in [-0.39, 0.29) is 21.4 Å². The third kappa shape index (κ3) is 5.53. The first-order valence-corrected chi connectivity index (χ1v) is 13.5. The molecule has 0 spiro atoms. The SMILES string of the molecule is CC1CCN(S(=O)(=O)c2cccc(C(=O)N[C@@H](C)c3ccc(S(C)(=O)=O)cc3)c2)CC1. The number of sulfonamides is 1. The highest BCUT2D eigenvalue weighted by molar-refractivity contribution is 7.90. The predicted molar refractivity (Wildman–Crippen MR) is 119 cm³/mol. The molecule has 2 aromatic carbocycles. The lowest BCUT2D eigenvalue weighted by Crippen LogP contribution is -2.38. The van der Waals surface area contributed by atoms with Crippen molar-refractivity contribution in [3.05, 3.63) is 59.7 Å². The number of rotatable bonds is 6. The summed E-state index contributed by atoms with van der Waals surface area (Å²) in [6, 6.07) is 12.0. The number of piperidine rings is 1. The zero-order valence-corrected chi connectivity index (χ0v) is 19.5. The van der Waals surface area contributed by atoms with Crippen LogP contribution in [0.1, 0.15) is 48.7 Å². The fourth-order valence-electron chi connectivity index (χ4n) is 3.54. The molecular weight excluding hydrogens is 436 g/mol. The maximum absolute atomic E-state index is 13.0. The van der Waals surface area contributed by atoms with Gasteiger partial charge in [0, 0.05) is 24.9 Å². The van der Waals surface area contributed by atoms with Crippen LogP contribution in [-0.4, -0.2) is 46.4 Å². The Hall–Kier alpha value is -2.23. The van der Waals surface area contributed by atoms with Crippen LogP contribution in [0.3, 0.4) is 0 Å². The Morgan fingerprint density at radius 1 is 1.00 bits per heavy atom. The molecule has 0 aromatic heterocycles. The van der Waals surface area contributed by atoms with Gasteiger partial charge in [-0.15, -0.1) is 0 Å². The minimum atomic E-state index is -3.64. The van der Waals surface area contributed by atoms with Gasteiger partial charge in [-0.1, -0.05) is 25.1 Å². The van der Waals surface area contributed by atoms with E-state index in [9.17, 15) is 21.6 Å². The molecule has 1 atom stereocenters. The highest BCUT2D eigenvalue weighted by atomic mass is 32.2. The molecule has 1 N–H and O–H groups in total. The predicted octanol–water partition coefficient (Wildman–Crippen LogP) is 3.00. The van der Waals surface area contributed by atoms with Crippen molar-refractivity contribution in [2.45, 2.75) is 42.5 Å². The summed E-state index contributed by atoms with van der Waals surface area (Å²) >= 11 is 0. The molecule has 2 aromatic rings. The molecule has 0 bridgehead atoms. The van der Waals surface area contributed by atoms with E-state index in [0.717, 1.165) is 24.7 Å². The second-order valence-corrected chi connectivity index (χ2v) is 12.1. The van der Waals surface area contributed by atoms with Gasteiger partial charge in [0.15, 0.2) is 9.84 Å². The van der Waals surface area contributed by atoms with Gasteiger partial charge in [0.25, 0.3) is 5.91 Å². The maximum Gasteiger partial charge on any atom is 0.251 e. The Bertz CT molecular complexity index is 1150. The molecule has 9 heteroatoms. The monoisotopic (exact) mass is 464 g/mol. The first-order chi connectivity index (χ1) is 14.5. The van der Waals surface area contributed by atoms with E-state index in [4.69, 9.17) is 0 Å². The van der Waals surface area contributed by atoms with Crippen LogP contribution in [0.4, 0.5) is 0 Å². The first kappa shape index (κ1) is 23.4. The number of carbonyl (C=O) groups excluding carboxylic acids is 1. The van der Waals surface area contributed by atoms with Crippen molar-refractivity contribution in [2.24, 2.45) is 5.92 Å². The molecule has 31 heavy (non-hydrogen) atoms. The number of hydrogen-bond donors (Lipinski definition) is 1. The van der Waals surface area contributed by atoms with Crippen LogP contribution < -0.4 is 5.32 Å². The standard InChI is InChI=1S/C22H28N2O5S2/c1-16-11-13-24(14-12-16)31(28,29)21-6-4-5-19(15-21)22(25)23-17(2)18-7-9-20(10-8-18)30(3,26)27/h4-10,15-17H,11-14H2,1-3H3,(H,23,25)/t17-/m0/s1. The lowest BCUT2D eigenvalue weighted by atomic mass is 10.0. The fraction of sp³-hybridized carbons (Fsp3) is 0.409. The van der Waals surface area contributed by atoms with Crippen molar-refractivity contribution in [3.63, 3.8) is 0 Å². The lowest BCUT2D eigenvalue weighted by molar-refractivity contribution is 0.0939. The van der Waals surface area contributed by atoms with Crippen molar-refractivity contribution in [1.29, 1.82) is 0 Å². The van der Waals surface area contributed by atoms with Gasteiger partial charge < -0.3 is 5.32 Å². The number of benzene rings is 2. The van der Waals surface area contributed by atoms with Crippen molar-refractivity contribution >= 4 is 25.8 Å². The van der Waals surface area contributed by atoms with Crippen LogP contribution in [0, 0.1) is 5.92 Å². The van der Waals surface area contributed by atoms with Crippen LogP contribution in [0.25, 0.3) is 0 Å². The summed E-state index contributed by atoms with van der Waals surface area (Å²) in [6.07, 6.45) is 2.79. The number of carbonyl (C=O) groups is 1. The highest BCUT2D eigenvalue weighted by Crippen LogP contribution is 2.24. The van der Waals surface area contributed by atoms with Crippen LogP contribution >= 0.6 is 0 Å². The third-order valence-electron chi connectivity index (χ3n) is 5.63. The van der Waals surface area contributed by atoms with Crippen molar-refractivity contribution < 1.29 is 21.6 Å². The molecule has 0 aliphatic carbocycles. The molecular formula is C22H28N2O5S2. The Kier molecular flexibility index (Phi) is 6.88. The van der Waals surface area contributed by atoms with Gasteiger partial charge in [0.05, 0.1) is 15.8 Å². The van der Waals surface area contributed by atoms with E-state index in [1.807, 2.05) is 0 Å². The number of hydrogen-bond acceptors (Lipinski definition) is 5. The molecule has 1 amide bonds. The van der Waals surface area contributed by atoms with E-state index in [2.05, 4.69) is 12.2 Å². The molecule has 168 valence electrons. The van der Waals surface area contributed by atoms with Gasteiger partial charge in [-0.05, 0) is 61.6 Å². The molecule has 1 aliphatic rings. The van der Waals surface area contributed by atoms with E-state index in [1.54, 1.807) is 31.2 Å². The molecule has 1 aliphatic heterocycles. The summed E-state index contributed by atoms with van der Waals surface area (Å²) in [5, 5.41) is 2.84. The first-order valence-electron chi connectivity index (χ1n) is 10.2. The molecule has 1 heterocycles. The molecule has 0 saturated carbocycles. The quantitative estimate of drug-likeness (QED) is 0.708. The third-order valence-corrected chi connectivity index (χ3v) is 8.66. The van der Waals surface area contributed by atoms with Crippen LogP contribution in [0.5, 0.6) is 0 Å². The van der Waals surface area contributed by atoms with E-state index < -0.39 is 25.8 Å². The molecule has 0 radical (unpaired) electrons. The average molecular weight is 465 g/mol. The highest BCUT2D eigenvalue weighted by Gasteiger charge is 2.28. The summed E-state index contributed by atoms with van der Waals surface area (Å²) in [7, 11) is -6.94. The molecule has 7 nitrogen and oxygen atoms in total. The zero-order valence-electron chi connectivity index (χ0n) is 17.9. The van der Waals surface area contributed by atoms with Crippen LogP contribution in [0.15, 0.2) is 58.3 Å². The Balaban J connectivity index is 1.74. The van der Waals surface area contributed by atoms with E-state index >= 15 is 0 Å². The second-order valence-electron chi connectivity index (χ2n) is 8.15. The number of amides is 1. The van der Waals surface area contributed by atoms with Crippen molar-refractivity contribution in [3.8, 4) is 0 Å². The Morgan fingerprint density at radius 3 is 2.19 bits per heavy atom. The second kappa shape index (κ2) is 9.10. The topological polar surface area (TPSA) is 101 Å². The number of nitrogens with one attached hydrogen (secondary N) is 1. The fourth-order valence-corrected chi connectivity index (χ4v) is 5.69. The molecule has 1 fully saturated rings. The normalized spacial score (nSPS) is 17.3. The Labute approximate surface area is 184 Å². The van der Waals surface area contributed by atoms with Gasteiger partial charge in [0.2, 0.25) is 10.0 Å². The average Bonchev–Trinajstić information content (AvgIpc) is 2.73. The summed E-state index contributed by atoms with van der Waals surface area (Å²) in [4.78, 5) is 13.1. The van der Waals surface area contributed by atoms with E-state index in [1.165, 1.54) is 28.6 Å². The van der Waals surface area contributed by atoms with Gasteiger partial charge in [-0.3, -0.25) is 4.79 Å². The smallest absolute Gasteiger partial charge is 0.251 e. The summed E-state index contributed by atoms with van der Waals surface area (Å²) in [5.41, 5.74) is 0.998. The van der Waals surface area contributed by atoms with Gasteiger partial charge in [-0.25, -0.2) is 16.8 Å². The minimum absolute atomic E-state index is 0.111. The van der Waals surface area contributed by atoms with E-state index in [0.29, 0.717) is 19.0 Å². The number of nitrogens with zero attached hydrogens (tertiary/aromatic N) is 1. The van der Waals surface area contributed by atoms with Gasteiger partial charge >= 0.3 is 0 Å². The summed E-state index contributed by atoms with van der Waals surface area (Å²) in [5.74, 6) is 0.112. The summed E-state index contributed by atoms with van der Waals surface area (Å²) < 4.78 is 50.6. The number of sulfone groups is 1. The van der Waals surface area contributed by atoms with Gasteiger partial charge in [-0.2, -0.15) is 4.31 Å². The largest absolute Gasteiger partial charge is 0.346 e. The zero-order chi connectivity index (χ0) is 22.8. The lowest BCUT2D eigenvalue weighted by Gasteiger charge is -2.29. The Morgan fingerprint density at radius 2 is 1.61 bits per heavy atom. The molecule has 0 unspecified atom stereocenters. The molecule has 1 saturated heterocycles. The molecule has 3 rings (SSSR count). The van der Waals surface area contributed by atoms with Gasteiger partial charge in [0.1, 0.15) is 0 Å². The summed E-state index contributed by atoms with van der Waals surface area (Å²) in [6.45, 7) is 4.87. The van der Waals surface area contributed by atoms with Crippen molar-refractivity contribution in [2.75, 3.05) is 19.3 Å². The van der Waals surface area contributed by atoms with Crippen molar-refractivity contribution in [1.82, 2.24) is 9.62 Å². The maximum atomic E-state index is 13.0. The minimum Gasteiger partial charge on any atom is -0.346 e. The van der Waals surface area contributed by atoms with Crippen LogP contribution in [-0.2, 0) is 19.9 Å². The van der Waals surface area contributed by atoms with Crippen LogP contribution in [0.2, 0.25) is 0 Å².